The highest BCUT2D eigenvalue weighted by Gasteiger charge is 2.24. The number of nitrogens with one attached hydrogen (secondary N) is 2. The molecule has 0 saturated carbocycles. The zero-order chi connectivity index (χ0) is 28.4. The maximum absolute atomic E-state index is 13.5. The lowest BCUT2D eigenvalue weighted by Gasteiger charge is -2.22. The van der Waals surface area contributed by atoms with Crippen LogP contribution in [0.5, 0.6) is 0 Å². The molecule has 0 unspecified atom stereocenters. The van der Waals surface area contributed by atoms with Crippen LogP contribution < -0.4 is 16.2 Å². The normalized spacial score (nSPS) is 12.0. The van der Waals surface area contributed by atoms with Crippen molar-refractivity contribution >= 4 is 18.0 Å². The van der Waals surface area contributed by atoms with Gasteiger partial charge in [0.25, 0.3) is 11.5 Å². The molecule has 3 N–H and O–H groups in total. The molecule has 0 saturated heterocycles. The van der Waals surface area contributed by atoms with Crippen LogP contribution in [0.4, 0.5) is 4.79 Å². The Morgan fingerprint density at radius 3 is 2.03 bits per heavy atom. The number of carboxylic acids is 1. The smallest absolute Gasteiger partial charge is 0.407 e. The lowest BCUT2D eigenvalue weighted by Crippen LogP contribution is -2.43. The number of unbranched alkanes of at least 4 members (excludes halogenated alkanes) is 1. The molecule has 9 heteroatoms. The molecule has 1 atom stereocenters. The molecule has 3 aromatic rings. The van der Waals surface area contributed by atoms with Gasteiger partial charge in [0, 0.05) is 12.7 Å². The number of hydrogen-bond donors (Lipinski definition) is 3. The standard InChI is InChI=1S/C30H35N3O6/c1-30(2,3)39-29(38)31-19-11-10-18-24(28(36)37)32-26(34)23-17-12-20-33(27(23)35)25(21-13-6-4-7-14-21)22-15-8-5-9-16-22/h4-9,12-17,20,24-25H,10-11,18-19H2,1-3H3,(H,31,38)(H,32,34)(H,36,37)/t24-/m0/s1. The number of pyridine rings is 1. The van der Waals surface area contributed by atoms with E-state index in [2.05, 4.69) is 10.6 Å². The molecular weight excluding hydrogens is 498 g/mol. The predicted molar refractivity (Wildman–Crippen MR) is 148 cm³/mol. The summed E-state index contributed by atoms with van der Waals surface area (Å²) in [6.45, 7) is 5.59. The Morgan fingerprint density at radius 1 is 0.897 bits per heavy atom. The van der Waals surface area contributed by atoms with Crippen molar-refractivity contribution in [3.8, 4) is 0 Å². The van der Waals surface area contributed by atoms with Crippen LogP contribution in [0.3, 0.4) is 0 Å². The summed E-state index contributed by atoms with van der Waals surface area (Å²) in [6.07, 6.45) is 2.13. The number of nitrogens with zero attached hydrogens (tertiary/aromatic N) is 1. The second kappa shape index (κ2) is 13.4. The second-order valence-corrected chi connectivity index (χ2v) is 10.1. The minimum absolute atomic E-state index is 0.134. The van der Waals surface area contributed by atoms with E-state index in [1.807, 2.05) is 60.7 Å². The molecule has 1 heterocycles. The molecule has 0 fully saturated rings. The van der Waals surface area contributed by atoms with Crippen LogP contribution in [0, 0.1) is 0 Å². The maximum atomic E-state index is 13.5. The molecule has 0 bridgehead atoms. The third-order valence-electron chi connectivity index (χ3n) is 5.92. The maximum Gasteiger partial charge on any atom is 0.407 e. The van der Waals surface area contributed by atoms with Crippen LogP contribution in [0.15, 0.2) is 83.8 Å². The first-order valence-corrected chi connectivity index (χ1v) is 12.9. The fourth-order valence-electron chi connectivity index (χ4n) is 4.14. The minimum Gasteiger partial charge on any atom is -0.480 e. The van der Waals surface area contributed by atoms with Crippen molar-refractivity contribution in [2.45, 2.75) is 57.7 Å². The first-order valence-electron chi connectivity index (χ1n) is 12.9. The van der Waals surface area contributed by atoms with Gasteiger partial charge in [0.15, 0.2) is 0 Å². The summed E-state index contributed by atoms with van der Waals surface area (Å²) >= 11 is 0. The molecule has 2 amide bonds. The van der Waals surface area contributed by atoms with Gasteiger partial charge < -0.3 is 25.0 Å². The SMILES string of the molecule is CC(C)(C)OC(=O)NCCCC[C@H](NC(=O)c1cccn(C(c2ccccc2)c2ccccc2)c1=O)C(=O)O. The Kier molecular flexibility index (Phi) is 10.0. The van der Waals surface area contributed by atoms with E-state index in [9.17, 15) is 24.3 Å². The molecule has 0 aliphatic carbocycles. The lowest BCUT2D eigenvalue weighted by molar-refractivity contribution is -0.139. The Hall–Kier alpha value is -4.40. The molecule has 206 valence electrons. The number of aliphatic carboxylic acids is 1. The quantitative estimate of drug-likeness (QED) is 0.314. The number of ether oxygens (including phenoxy) is 1. The van der Waals surface area contributed by atoms with Gasteiger partial charge >= 0.3 is 12.1 Å². The first-order chi connectivity index (χ1) is 18.6. The van der Waals surface area contributed by atoms with Crippen LogP contribution in [0.1, 0.15) is 67.6 Å². The van der Waals surface area contributed by atoms with Crippen molar-refractivity contribution in [3.63, 3.8) is 0 Å². The van der Waals surface area contributed by atoms with E-state index in [-0.39, 0.29) is 12.0 Å². The zero-order valence-electron chi connectivity index (χ0n) is 22.4. The number of alkyl carbamates (subject to hydrolysis) is 1. The van der Waals surface area contributed by atoms with E-state index < -0.39 is 41.2 Å². The van der Waals surface area contributed by atoms with Crippen molar-refractivity contribution in [2.24, 2.45) is 0 Å². The average molecular weight is 534 g/mol. The van der Waals surface area contributed by atoms with Gasteiger partial charge in [-0.2, -0.15) is 0 Å². The Balaban J connectivity index is 1.71. The molecular formula is C30H35N3O6. The summed E-state index contributed by atoms with van der Waals surface area (Å²) in [5.74, 6) is -1.96. The van der Waals surface area contributed by atoms with Gasteiger partial charge in [0.2, 0.25) is 0 Å². The zero-order valence-corrected chi connectivity index (χ0v) is 22.4. The largest absolute Gasteiger partial charge is 0.480 e. The molecule has 2 aromatic carbocycles. The third-order valence-corrected chi connectivity index (χ3v) is 5.92. The van der Waals surface area contributed by atoms with Crippen LogP contribution in [-0.2, 0) is 9.53 Å². The lowest BCUT2D eigenvalue weighted by atomic mass is 9.98. The summed E-state index contributed by atoms with van der Waals surface area (Å²) < 4.78 is 6.65. The number of carbonyl (C=O) groups is 3. The molecule has 0 aliphatic rings. The molecule has 9 nitrogen and oxygen atoms in total. The Bertz CT molecular complexity index is 1280. The van der Waals surface area contributed by atoms with Crippen molar-refractivity contribution in [3.05, 3.63) is 106 Å². The number of aromatic nitrogens is 1. The van der Waals surface area contributed by atoms with Crippen LogP contribution in [0.25, 0.3) is 0 Å². The molecule has 1 aromatic heterocycles. The van der Waals surface area contributed by atoms with Crippen molar-refractivity contribution in [2.75, 3.05) is 6.54 Å². The average Bonchev–Trinajstić information content (AvgIpc) is 2.89. The van der Waals surface area contributed by atoms with Crippen LogP contribution in [-0.4, -0.2) is 45.8 Å². The van der Waals surface area contributed by atoms with E-state index >= 15 is 0 Å². The highest BCUT2D eigenvalue weighted by Crippen LogP contribution is 2.25. The van der Waals surface area contributed by atoms with Gasteiger partial charge in [-0.3, -0.25) is 9.59 Å². The monoisotopic (exact) mass is 533 g/mol. The van der Waals surface area contributed by atoms with Crippen LogP contribution in [0.2, 0.25) is 0 Å². The highest BCUT2D eigenvalue weighted by atomic mass is 16.6. The topological polar surface area (TPSA) is 127 Å². The Morgan fingerprint density at radius 2 is 1.49 bits per heavy atom. The molecule has 39 heavy (non-hydrogen) atoms. The van der Waals surface area contributed by atoms with Gasteiger partial charge in [0.1, 0.15) is 17.2 Å². The molecule has 0 spiro atoms. The van der Waals surface area contributed by atoms with Gasteiger partial charge in [-0.05, 0) is 63.3 Å². The van der Waals surface area contributed by atoms with E-state index in [0.717, 1.165) is 11.1 Å². The number of hydrogen-bond acceptors (Lipinski definition) is 5. The summed E-state index contributed by atoms with van der Waals surface area (Å²) in [7, 11) is 0. The van der Waals surface area contributed by atoms with Gasteiger partial charge in [-0.25, -0.2) is 9.59 Å². The van der Waals surface area contributed by atoms with Crippen molar-refractivity contribution in [1.29, 1.82) is 0 Å². The summed E-state index contributed by atoms with van der Waals surface area (Å²) in [4.78, 5) is 50.2. The number of benzene rings is 2. The second-order valence-electron chi connectivity index (χ2n) is 10.1. The van der Waals surface area contributed by atoms with Gasteiger partial charge in [0.05, 0.1) is 6.04 Å². The fourth-order valence-corrected chi connectivity index (χ4v) is 4.14. The van der Waals surface area contributed by atoms with E-state index in [4.69, 9.17) is 4.74 Å². The Labute approximate surface area is 227 Å². The minimum atomic E-state index is -1.20. The van der Waals surface area contributed by atoms with Gasteiger partial charge in [-0.1, -0.05) is 60.7 Å². The highest BCUT2D eigenvalue weighted by molar-refractivity contribution is 5.96. The number of rotatable bonds is 11. The third kappa shape index (κ3) is 8.56. The summed E-state index contributed by atoms with van der Waals surface area (Å²) in [5, 5.41) is 14.8. The van der Waals surface area contributed by atoms with Crippen molar-refractivity contribution < 1.29 is 24.2 Å². The predicted octanol–water partition coefficient (Wildman–Crippen LogP) is 4.36. The van der Waals surface area contributed by atoms with E-state index in [0.29, 0.717) is 19.4 Å². The number of amides is 2. The van der Waals surface area contributed by atoms with E-state index in [1.54, 1.807) is 33.0 Å². The fraction of sp³-hybridized carbons (Fsp3) is 0.333. The van der Waals surface area contributed by atoms with Crippen molar-refractivity contribution in [1.82, 2.24) is 15.2 Å². The van der Waals surface area contributed by atoms with E-state index in [1.165, 1.54) is 10.6 Å². The number of carboxylic acid groups (broad SMARTS) is 1. The molecule has 0 radical (unpaired) electrons. The molecule has 0 aliphatic heterocycles. The van der Waals surface area contributed by atoms with Crippen LogP contribution >= 0.6 is 0 Å². The number of carbonyl (C=O) groups excluding carboxylic acids is 2. The van der Waals surface area contributed by atoms with Gasteiger partial charge in [-0.15, -0.1) is 0 Å². The molecule has 3 rings (SSSR count). The summed E-state index contributed by atoms with van der Waals surface area (Å²) in [5.41, 5.74) is 0.449. The summed E-state index contributed by atoms with van der Waals surface area (Å²) in [6, 6.07) is 20.3. The first kappa shape index (κ1) is 29.2.